The molecule has 166 valence electrons. The molecule has 0 saturated carbocycles. The summed E-state index contributed by atoms with van der Waals surface area (Å²) in [4.78, 5) is 32.1. The Bertz CT molecular complexity index is 964. The molecule has 6 nitrogen and oxygen atoms in total. The van der Waals surface area contributed by atoms with E-state index in [9.17, 15) is 9.59 Å². The summed E-state index contributed by atoms with van der Waals surface area (Å²) in [6.45, 7) is 5.89. The normalized spacial score (nSPS) is 25.9. The lowest BCUT2D eigenvalue weighted by atomic mass is 9.80. The van der Waals surface area contributed by atoms with Crippen molar-refractivity contribution in [3.05, 3.63) is 45.6 Å². The summed E-state index contributed by atoms with van der Waals surface area (Å²) in [7, 11) is 4.91. The summed E-state index contributed by atoms with van der Waals surface area (Å²) in [6.07, 6.45) is 1.13. The van der Waals surface area contributed by atoms with Crippen LogP contribution >= 0.6 is 11.3 Å². The van der Waals surface area contributed by atoms with Crippen LogP contribution in [0.25, 0.3) is 0 Å². The molecule has 2 amide bonds. The third-order valence-corrected chi connectivity index (χ3v) is 7.40. The third-order valence-electron chi connectivity index (χ3n) is 6.46. The Morgan fingerprint density at radius 1 is 1.10 bits per heavy atom. The van der Waals surface area contributed by atoms with Gasteiger partial charge in [0.25, 0.3) is 5.91 Å². The minimum Gasteiger partial charge on any atom is -0.493 e. The largest absolute Gasteiger partial charge is 0.493 e. The molecule has 0 aliphatic carbocycles. The summed E-state index contributed by atoms with van der Waals surface area (Å²) >= 11 is 1.58. The average Bonchev–Trinajstić information content (AvgIpc) is 3.28. The van der Waals surface area contributed by atoms with Gasteiger partial charge < -0.3 is 19.3 Å². The Morgan fingerprint density at radius 2 is 1.74 bits per heavy atom. The van der Waals surface area contributed by atoms with E-state index in [1.807, 2.05) is 28.5 Å². The van der Waals surface area contributed by atoms with E-state index in [-0.39, 0.29) is 17.9 Å². The first-order valence-electron chi connectivity index (χ1n) is 10.7. The first kappa shape index (κ1) is 21.7. The molecule has 1 saturated heterocycles. The van der Waals surface area contributed by atoms with Gasteiger partial charge in [0, 0.05) is 30.6 Å². The van der Waals surface area contributed by atoms with Crippen molar-refractivity contribution < 1.29 is 19.1 Å². The predicted octanol–water partition coefficient (Wildman–Crippen LogP) is 4.18. The highest BCUT2D eigenvalue weighted by Gasteiger charge is 2.46. The van der Waals surface area contributed by atoms with Crippen molar-refractivity contribution in [3.63, 3.8) is 0 Å². The molecule has 1 aromatic heterocycles. The van der Waals surface area contributed by atoms with Crippen molar-refractivity contribution in [2.45, 2.75) is 32.2 Å². The van der Waals surface area contributed by atoms with Gasteiger partial charge in [-0.3, -0.25) is 9.59 Å². The van der Waals surface area contributed by atoms with Crippen LogP contribution in [0.15, 0.2) is 29.6 Å². The van der Waals surface area contributed by atoms with Gasteiger partial charge >= 0.3 is 0 Å². The molecule has 2 aromatic rings. The van der Waals surface area contributed by atoms with E-state index in [1.165, 1.54) is 0 Å². The van der Waals surface area contributed by atoms with Gasteiger partial charge in [-0.05, 0) is 47.4 Å². The zero-order valence-electron chi connectivity index (χ0n) is 18.8. The number of amides is 2. The van der Waals surface area contributed by atoms with Crippen molar-refractivity contribution in [3.8, 4) is 11.5 Å². The molecule has 1 aromatic carbocycles. The predicted molar refractivity (Wildman–Crippen MR) is 121 cm³/mol. The van der Waals surface area contributed by atoms with Gasteiger partial charge in [0.1, 0.15) is 0 Å². The highest BCUT2D eigenvalue weighted by atomic mass is 32.1. The zero-order chi connectivity index (χ0) is 22.3. The van der Waals surface area contributed by atoms with Gasteiger partial charge in [-0.1, -0.05) is 19.9 Å². The Kier molecular flexibility index (Phi) is 5.97. The van der Waals surface area contributed by atoms with Crippen LogP contribution < -0.4 is 9.47 Å². The summed E-state index contributed by atoms with van der Waals surface area (Å²) in [5.74, 6) is 1.41. The van der Waals surface area contributed by atoms with Gasteiger partial charge in [-0.2, -0.15) is 0 Å². The first-order chi connectivity index (χ1) is 14.8. The smallest absolute Gasteiger partial charge is 0.254 e. The van der Waals surface area contributed by atoms with Gasteiger partial charge in [0.15, 0.2) is 11.5 Å². The van der Waals surface area contributed by atoms with Gasteiger partial charge in [0.2, 0.25) is 5.91 Å². The highest BCUT2D eigenvalue weighted by molar-refractivity contribution is 7.10. The second kappa shape index (κ2) is 8.54. The SMILES string of the molecule is COc1cc2c(cc1OC)[C@H](C(=O)N1C[C@H](C)C[C@H](C)C1)[C@H](c1cccs1)N(C)C2=O. The molecule has 1 fully saturated rings. The van der Waals surface area contributed by atoms with Crippen molar-refractivity contribution in [1.29, 1.82) is 0 Å². The van der Waals surface area contributed by atoms with Crippen molar-refractivity contribution >= 4 is 23.2 Å². The summed E-state index contributed by atoms with van der Waals surface area (Å²) in [6, 6.07) is 7.15. The lowest BCUT2D eigenvalue weighted by Gasteiger charge is -2.43. The molecule has 4 rings (SSSR count). The van der Waals surface area contributed by atoms with E-state index in [0.717, 1.165) is 30.0 Å². The maximum absolute atomic E-state index is 14.0. The Labute approximate surface area is 187 Å². The molecule has 0 radical (unpaired) electrons. The molecular formula is C24H30N2O4S. The molecule has 0 unspecified atom stereocenters. The number of benzene rings is 1. The number of likely N-dealkylation sites (tertiary alicyclic amines) is 1. The molecule has 0 N–H and O–H groups in total. The quantitative estimate of drug-likeness (QED) is 0.713. The van der Waals surface area contributed by atoms with Crippen LogP contribution in [0.1, 0.15) is 53.0 Å². The summed E-state index contributed by atoms with van der Waals surface area (Å²) in [5, 5.41) is 1.99. The molecule has 3 heterocycles. The lowest BCUT2D eigenvalue weighted by Crippen LogP contribution is -2.50. The number of hydrogen-bond donors (Lipinski definition) is 0. The minimum absolute atomic E-state index is 0.0737. The van der Waals surface area contributed by atoms with Gasteiger partial charge in [-0.25, -0.2) is 0 Å². The fraction of sp³-hybridized carbons (Fsp3) is 0.500. The molecular weight excluding hydrogens is 412 g/mol. The number of hydrogen-bond acceptors (Lipinski definition) is 5. The maximum atomic E-state index is 14.0. The minimum atomic E-state index is -0.492. The van der Waals surface area contributed by atoms with Crippen LogP contribution in [-0.4, -0.2) is 56.0 Å². The van der Waals surface area contributed by atoms with Gasteiger partial charge in [-0.15, -0.1) is 11.3 Å². The highest BCUT2D eigenvalue weighted by Crippen LogP contribution is 2.47. The number of ether oxygens (including phenoxy) is 2. The van der Waals surface area contributed by atoms with E-state index >= 15 is 0 Å². The zero-order valence-corrected chi connectivity index (χ0v) is 19.6. The number of nitrogens with zero attached hydrogens (tertiary/aromatic N) is 2. The van der Waals surface area contributed by atoms with Crippen LogP contribution in [-0.2, 0) is 4.79 Å². The Balaban J connectivity index is 1.87. The fourth-order valence-corrected chi connectivity index (χ4v) is 6.07. The molecule has 2 aliphatic heterocycles. The number of likely N-dealkylation sites (N-methyl/N-ethyl adjacent to an activating group) is 1. The molecule has 0 spiro atoms. The second-order valence-corrected chi connectivity index (χ2v) is 9.82. The fourth-order valence-electron chi connectivity index (χ4n) is 5.17. The number of methoxy groups -OCH3 is 2. The van der Waals surface area contributed by atoms with E-state index in [4.69, 9.17) is 9.47 Å². The van der Waals surface area contributed by atoms with Crippen LogP contribution in [0.5, 0.6) is 11.5 Å². The van der Waals surface area contributed by atoms with Crippen molar-refractivity contribution in [2.24, 2.45) is 11.8 Å². The number of carbonyl (C=O) groups is 2. The molecule has 4 atom stereocenters. The standard InChI is InChI=1S/C24H30N2O4S/c1-14-9-15(2)13-26(12-14)24(28)21-16-10-18(29-4)19(30-5)11-17(16)23(27)25(3)22(21)20-7-6-8-31-20/h6-8,10-11,14-15,21-22H,9,12-13H2,1-5H3/t14-,15+,21-,22-/m0/s1. The first-order valence-corrected chi connectivity index (χ1v) is 11.6. The molecule has 31 heavy (non-hydrogen) atoms. The van der Waals surface area contributed by atoms with Crippen molar-refractivity contribution in [1.82, 2.24) is 9.80 Å². The third kappa shape index (κ3) is 3.80. The summed E-state index contributed by atoms with van der Waals surface area (Å²) < 4.78 is 11.0. The average molecular weight is 443 g/mol. The van der Waals surface area contributed by atoms with E-state index in [2.05, 4.69) is 13.8 Å². The number of carbonyl (C=O) groups excluding carboxylic acids is 2. The van der Waals surface area contributed by atoms with E-state index in [1.54, 1.807) is 43.6 Å². The monoisotopic (exact) mass is 442 g/mol. The number of fused-ring (bicyclic) bond motifs is 1. The lowest BCUT2D eigenvalue weighted by molar-refractivity contribution is -0.137. The number of piperidine rings is 1. The second-order valence-electron chi connectivity index (χ2n) is 8.84. The molecule has 2 aliphatic rings. The van der Waals surface area contributed by atoms with Crippen LogP contribution in [0.3, 0.4) is 0 Å². The van der Waals surface area contributed by atoms with E-state index < -0.39 is 5.92 Å². The van der Waals surface area contributed by atoms with Crippen LogP contribution in [0.4, 0.5) is 0 Å². The Hall–Kier alpha value is -2.54. The topological polar surface area (TPSA) is 59.1 Å². The maximum Gasteiger partial charge on any atom is 0.254 e. The van der Waals surface area contributed by atoms with Crippen molar-refractivity contribution in [2.75, 3.05) is 34.4 Å². The van der Waals surface area contributed by atoms with Crippen LogP contribution in [0.2, 0.25) is 0 Å². The Morgan fingerprint density at radius 3 is 2.32 bits per heavy atom. The number of rotatable bonds is 4. The summed E-state index contributed by atoms with van der Waals surface area (Å²) in [5.41, 5.74) is 1.22. The van der Waals surface area contributed by atoms with Crippen LogP contribution in [0, 0.1) is 11.8 Å². The van der Waals surface area contributed by atoms with Gasteiger partial charge in [0.05, 0.1) is 26.2 Å². The molecule has 7 heteroatoms. The van der Waals surface area contributed by atoms with E-state index in [0.29, 0.717) is 28.9 Å². The number of thiophene rings is 1. The molecule has 0 bridgehead atoms.